The van der Waals surface area contributed by atoms with E-state index in [2.05, 4.69) is 19.6 Å². The molecule has 0 radical (unpaired) electrons. The highest BCUT2D eigenvalue weighted by Gasteiger charge is 2.63. The second-order valence-electron chi connectivity index (χ2n) is 36.2. The minimum absolute atomic E-state index is 0.00741. The van der Waals surface area contributed by atoms with Crippen LogP contribution in [0.5, 0.6) is 0 Å². The Hall–Kier alpha value is -12.6. The number of carbonyl (C=O) groups excluding carboxylic acids is 13. The highest BCUT2D eigenvalue weighted by Crippen LogP contribution is 2.43. The van der Waals surface area contributed by atoms with Crippen LogP contribution in [-0.4, -0.2) is 272 Å². The Bertz CT molecular complexity index is 5360. The molecular weight excluding hydrogens is 1870 g/mol. The van der Waals surface area contributed by atoms with E-state index in [1.165, 1.54) is 137 Å². The molecule has 5 aliphatic rings. The molecule has 12 rings (SSSR count). The zero-order valence-electron chi connectivity index (χ0n) is 80.8. The van der Waals surface area contributed by atoms with Gasteiger partial charge in [0.2, 0.25) is 0 Å². The van der Waals surface area contributed by atoms with E-state index in [4.69, 9.17) is 118 Å². The molecule has 0 aliphatic carbocycles. The van der Waals surface area contributed by atoms with Crippen LogP contribution >= 0.6 is 0 Å². The molecular formula is C103H118O38Si. The van der Waals surface area contributed by atoms with Gasteiger partial charge in [-0.3, -0.25) is 38.4 Å². The fourth-order valence-corrected chi connectivity index (χ4v) is 16.8. The summed E-state index contributed by atoms with van der Waals surface area (Å²) in [7, 11) is -2.13. The number of esters is 13. The third-order valence-corrected chi connectivity index (χ3v) is 24.5. The minimum Gasteiger partial charge on any atom is -0.463 e. The molecule has 5 heterocycles. The van der Waals surface area contributed by atoms with Crippen LogP contribution in [0.4, 0.5) is 0 Å². The van der Waals surface area contributed by atoms with Crippen LogP contribution in [-0.2, 0) is 170 Å². The maximum Gasteiger partial charge on any atom is 0.338 e. The molecule has 0 N–H and O–H groups in total. The summed E-state index contributed by atoms with van der Waals surface area (Å²) in [4.78, 5) is 185. The first-order valence-electron chi connectivity index (χ1n) is 46.2. The zero-order chi connectivity index (χ0) is 102. The largest absolute Gasteiger partial charge is 0.463 e. The predicted molar refractivity (Wildman–Crippen MR) is 493 cm³/mol. The van der Waals surface area contributed by atoms with E-state index >= 15 is 24.0 Å². The lowest BCUT2D eigenvalue weighted by atomic mass is 9.94. The van der Waals surface area contributed by atoms with E-state index in [1.807, 2.05) is 0 Å². The first kappa shape index (κ1) is 108. The van der Waals surface area contributed by atoms with Crippen LogP contribution < -0.4 is 0 Å². The van der Waals surface area contributed by atoms with Crippen molar-refractivity contribution in [2.24, 2.45) is 5.41 Å². The summed E-state index contributed by atoms with van der Waals surface area (Å²) in [6.07, 6.45) is -48.7. The molecule has 5 aliphatic heterocycles. The van der Waals surface area contributed by atoms with Gasteiger partial charge in [-0.15, -0.1) is 0 Å². The zero-order valence-corrected chi connectivity index (χ0v) is 81.8. The molecule has 0 amide bonds. The molecule has 7 aromatic carbocycles. The third kappa shape index (κ3) is 30.5. The van der Waals surface area contributed by atoms with E-state index in [0.717, 1.165) is 48.5 Å². The summed E-state index contributed by atoms with van der Waals surface area (Å²) in [5.41, 5.74) is -0.815. The summed E-state index contributed by atoms with van der Waals surface area (Å²) in [5.74, 6) is -13.3. The standard InChI is InChI=1S/C103H118O38Si/c1-58-77(125-60(3)105)82(127-62(5)107)89(130-65(8)110)99(124-58)141-86-81(139-100-90(137-95(114)71-46-32-20-33-47-71)85(136-94(113)70-44-30-19-31-45-70)80(135-93(112)69-42-28-18-29-43-69)75(133-100)55-121-92(111)68-40-26-17-27-41-68)76(57-123-102(116)103(9,10)11)134-101(91(86)138-96(115)72-48-34-21-35-49-72)140-83-78(119-52-66-36-22-15-23-37-66)73(131-97(117-50-51-142(12,13)14)87(83)120-53-67-38-24-16-25-39-67)56-122-98-88(129-64(7)109)84(128-63(6)108)79(126-61(4)106)74(132-98)54-118-59(2)104/h15-49,58,73-91,97-101H,50-57H2,1-14H3/t58-,73+,74+,75+,76+,77+,78-,79-,80-,81+,82+,83-,84-,85-,86-,87+,88+,89-,90+,91+,97+,98+,99-,100-,101-/m0/s1. The van der Waals surface area contributed by atoms with E-state index < -0.39 is 271 Å². The predicted octanol–water partition coefficient (Wildman–Crippen LogP) is 10.8. The van der Waals surface area contributed by atoms with Crippen molar-refractivity contribution in [2.75, 3.05) is 33.0 Å². The van der Waals surface area contributed by atoms with Gasteiger partial charge < -0.3 is 118 Å². The summed E-state index contributed by atoms with van der Waals surface area (Å²) in [6, 6.07) is 55.2. The van der Waals surface area contributed by atoms with Crippen LogP contribution in [0.1, 0.15) is 139 Å². The second-order valence-corrected chi connectivity index (χ2v) is 41.8. The fraction of sp³-hybridized carbons (Fsp3) is 0.466. The Kier molecular flexibility index (Phi) is 38.8. The number of hydrogen-bond donors (Lipinski definition) is 0. The lowest BCUT2D eigenvalue weighted by Gasteiger charge is -2.52. The molecule has 0 spiro atoms. The quantitative estimate of drug-likeness (QED) is 0.0195. The molecule has 0 aromatic heterocycles. The monoisotopic (exact) mass is 1990 g/mol. The van der Waals surface area contributed by atoms with Crippen molar-refractivity contribution in [3.05, 3.63) is 251 Å². The lowest BCUT2D eigenvalue weighted by molar-refractivity contribution is -0.401. The first-order chi connectivity index (χ1) is 67.8. The summed E-state index contributed by atoms with van der Waals surface area (Å²) in [6.45, 7) is 15.4. The SMILES string of the molecule is CC(=O)OC[C@H]1O[C@@H](OC[C@H]2O[C@@H](OCC[Si](C)(C)C)[C@H](OCc3ccccc3)[C@@H](O[C@@H]3O[C@H](COC(=O)C(C)(C)C)[C@@H](O[C@@H]4O[C@H](COC(=O)c5ccccc5)[C@H](OC(=O)c5ccccc5)[C@H](OC(=O)c5ccccc5)[C@H]4OC(=O)c4ccccc4)[C@H](O[C@@H]4O[C@@H](C)[C@@H](OC(C)=O)[C@@H](OC(C)=O)[C@@H]4OC(C)=O)[C@H]3OC(=O)c3ccccc3)[C@H]2OCc2ccccc2)[C@H](OC(C)=O)[C@@H](OC(C)=O)[C@H]1OC(C)=O. The smallest absolute Gasteiger partial charge is 0.338 e. The maximum absolute atomic E-state index is 16.1. The van der Waals surface area contributed by atoms with E-state index in [1.54, 1.807) is 103 Å². The van der Waals surface area contributed by atoms with E-state index in [0.29, 0.717) is 17.2 Å². The molecule has 0 unspecified atom stereocenters. The average Bonchev–Trinajstić information content (AvgIpc) is 0.747. The topological polar surface area (TPSA) is 453 Å². The van der Waals surface area contributed by atoms with Crippen molar-refractivity contribution < 1.29 is 181 Å². The van der Waals surface area contributed by atoms with Gasteiger partial charge in [0.1, 0.15) is 74.8 Å². The van der Waals surface area contributed by atoms with Crippen molar-refractivity contribution in [3.8, 4) is 0 Å². The van der Waals surface area contributed by atoms with Gasteiger partial charge >= 0.3 is 77.6 Å². The van der Waals surface area contributed by atoms with Gasteiger partial charge in [0.15, 0.2) is 92.5 Å². The highest BCUT2D eigenvalue weighted by molar-refractivity contribution is 6.76. The van der Waals surface area contributed by atoms with Gasteiger partial charge in [-0.25, -0.2) is 24.0 Å². The number of benzene rings is 7. The second kappa shape index (κ2) is 50.9. The Morgan fingerprint density at radius 2 is 0.556 bits per heavy atom. The molecule has 5 fully saturated rings. The number of ether oxygens (including phenoxy) is 25. The fourth-order valence-electron chi connectivity index (χ4n) is 16.1. The molecule has 5 saturated heterocycles. The van der Waals surface area contributed by atoms with Crippen LogP contribution in [0.3, 0.4) is 0 Å². The third-order valence-electron chi connectivity index (χ3n) is 22.7. The highest BCUT2D eigenvalue weighted by atomic mass is 28.3. The van der Waals surface area contributed by atoms with Crippen LogP contribution in [0.15, 0.2) is 212 Å². The first-order valence-corrected chi connectivity index (χ1v) is 49.9. The number of rotatable bonds is 40. The molecule has 0 bridgehead atoms. The Balaban J connectivity index is 1.13. The molecule has 142 heavy (non-hydrogen) atoms. The molecule has 25 atom stereocenters. The van der Waals surface area contributed by atoms with Crippen LogP contribution in [0.2, 0.25) is 25.7 Å². The Morgan fingerprint density at radius 1 is 0.268 bits per heavy atom. The summed E-state index contributed by atoms with van der Waals surface area (Å²) >= 11 is 0. The van der Waals surface area contributed by atoms with Crippen molar-refractivity contribution >= 4 is 85.7 Å². The summed E-state index contributed by atoms with van der Waals surface area (Å²) in [5, 5.41) is 0. The van der Waals surface area contributed by atoms with Gasteiger partial charge in [-0.2, -0.15) is 0 Å². The number of carbonyl (C=O) groups is 13. The van der Waals surface area contributed by atoms with Crippen molar-refractivity contribution in [1.29, 1.82) is 0 Å². The molecule has 38 nitrogen and oxygen atoms in total. The van der Waals surface area contributed by atoms with Crippen molar-refractivity contribution in [3.63, 3.8) is 0 Å². The summed E-state index contributed by atoms with van der Waals surface area (Å²) < 4.78 is 166. The number of hydrogen-bond acceptors (Lipinski definition) is 38. The van der Waals surface area contributed by atoms with Gasteiger partial charge in [0.05, 0.1) is 59.2 Å². The minimum atomic E-state index is -2.41. The maximum atomic E-state index is 16.1. The van der Waals surface area contributed by atoms with Crippen LogP contribution in [0, 0.1) is 5.41 Å². The van der Waals surface area contributed by atoms with Crippen molar-refractivity contribution in [2.45, 2.75) is 269 Å². The lowest BCUT2D eigenvalue weighted by Crippen LogP contribution is -2.70. The molecule has 39 heteroatoms. The van der Waals surface area contributed by atoms with Gasteiger partial charge in [-0.1, -0.05) is 171 Å². The molecule has 762 valence electrons. The van der Waals surface area contributed by atoms with E-state index in [-0.39, 0.29) is 47.6 Å². The normalized spacial score (nSPS) is 27.5. The Morgan fingerprint density at radius 3 is 0.979 bits per heavy atom. The molecule has 7 aromatic rings. The molecule has 0 saturated carbocycles. The van der Waals surface area contributed by atoms with Gasteiger partial charge in [0, 0.05) is 63.1 Å². The van der Waals surface area contributed by atoms with Gasteiger partial charge in [0.25, 0.3) is 0 Å². The van der Waals surface area contributed by atoms with Crippen LogP contribution in [0.25, 0.3) is 0 Å². The van der Waals surface area contributed by atoms with Crippen molar-refractivity contribution in [1.82, 2.24) is 0 Å². The van der Waals surface area contributed by atoms with Gasteiger partial charge in [-0.05, 0) is 106 Å². The Labute approximate surface area is 820 Å². The van der Waals surface area contributed by atoms with E-state index in [9.17, 15) is 38.4 Å². The average molecular weight is 1990 g/mol.